The average Bonchev–Trinajstić information content (AvgIpc) is 2.73. The highest BCUT2D eigenvalue weighted by atomic mass is 32.2. The number of hydrogen-bond acceptors (Lipinski definition) is 7. The zero-order chi connectivity index (χ0) is 23.2. The number of anilines is 1. The topological polar surface area (TPSA) is 107 Å². The quantitative estimate of drug-likeness (QED) is 0.466. The van der Waals surface area contributed by atoms with Crippen LogP contribution in [-0.2, 0) is 19.7 Å². The molecule has 10 heteroatoms. The molecule has 0 heterocycles. The van der Waals surface area contributed by atoms with Gasteiger partial charge in [-0.3, -0.25) is 4.79 Å². The Morgan fingerprint density at radius 2 is 1.77 bits per heavy atom. The normalized spacial score (nSPS) is 11.6. The summed E-state index contributed by atoms with van der Waals surface area (Å²) < 4.78 is 36.3. The summed E-state index contributed by atoms with van der Waals surface area (Å²) in [7, 11) is 2.35. The number of sulfonamides is 1. The van der Waals surface area contributed by atoms with Crippen molar-refractivity contribution in [1.82, 2.24) is 4.31 Å². The molecule has 0 fully saturated rings. The molecule has 0 saturated carbocycles. The van der Waals surface area contributed by atoms with Gasteiger partial charge in [-0.1, -0.05) is 5.16 Å². The van der Waals surface area contributed by atoms with Crippen molar-refractivity contribution in [3.8, 4) is 11.5 Å². The SMILES string of the molecule is COc1ccc(/C=N/OCC(=O)Nc2cc(S(=O)(=O)N(C)C)cc(C)c2C)cc1OC. The summed E-state index contributed by atoms with van der Waals surface area (Å²) in [6, 6.07) is 8.21. The van der Waals surface area contributed by atoms with Gasteiger partial charge in [0.15, 0.2) is 18.1 Å². The Hall–Kier alpha value is -3.11. The molecule has 0 aliphatic rings. The number of hydrogen-bond donors (Lipinski definition) is 1. The van der Waals surface area contributed by atoms with Gasteiger partial charge in [0.25, 0.3) is 5.91 Å². The second-order valence-electron chi connectivity index (χ2n) is 6.87. The molecule has 2 aromatic carbocycles. The number of aryl methyl sites for hydroxylation is 1. The zero-order valence-corrected chi connectivity index (χ0v) is 19.2. The second kappa shape index (κ2) is 10.3. The number of nitrogens with one attached hydrogen (secondary N) is 1. The molecule has 0 aromatic heterocycles. The predicted octanol–water partition coefficient (Wildman–Crippen LogP) is 2.56. The second-order valence-corrected chi connectivity index (χ2v) is 9.02. The Morgan fingerprint density at radius 1 is 1.10 bits per heavy atom. The van der Waals surface area contributed by atoms with Crippen LogP contribution in [0.3, 0.4) is 0 Å². The monoisotopic (exact) mass is 449 g/mol. The highest BCUT2D eigenvalue weighted by Gasteiger charge is 2.20. The standard InChI is InChI=1S/C21H27N3O6S/c1-14-9-17(31(26,27)24(3)4)11-18(15(14)2)23-21(25)13-30-22-12-16-7-8-19(28-5)20(10-16)29-6/h7-12H,13H2,1-6H3,(H,23,25)/b22-12+. The van der Waals surface area contributed by atoms with Gasteiger partial charge in [0.1, 0.15) is 0 Å². The number of methoxy groups -OCH3 is 2. The van der Waals surface area contributed by atoms with E-state index in [2.05, 4.69) is 10.5 Å². The van der Waals surface area contributed by atoms with Crippen molar-refractivity contribution in [3.05, 3.63) is 47.0 Å². The van der Waals surface area contributed by atoms with Gasteiger partial charge in [0, 0.05) is 25.3 Å². The number of ether oxygens (including phenoxy) is 2. The highest BCUT2D eigenvalue weighted by Crippen LogP contribution is 2.27. The lowest BCUT2D eigenvalue weighted by Crippen LogP contribution is -2.23. The summed E-state index contributed by atoms with van der Waals surface area (Å²) in [6.45, 7) is 3.24. The molecule has 0 radical (unpaired) electrons. The van der Waals surface area contributed by atoms with Crippen molar-refractivity contribution in [2.24, 2.45) is 5.16 Å². The Bertz CT molecular complexity index is 1080. The number of rotatable bonds is 9. The lowest BCUT2D eigenvalue weighted by atomic mass is 10.1. The van der Waals surface area contributed by atoms with E-state index in [1.165, 1.54) is 33.5 Å². The molecule has 2 aromatic rings. The molecule has 1 amide bonds. The Balaban J connectivity index is 2.05. The first kappa shape index (κ1) is 24.2. The highest BCUT2D eigenvalue weighted by molar-refractivity contribution is 7.89. The molecule has 31 heavy (non-hydrogen) atoms. The Kier molecular flexibility index (Phi) is 8.01. The maximum absolute atomic E-state index is 12.4. The van der Waals surface area contributed by atoms with Gasteiger partial charge < -0.3 is 19.6 Å². The molecule has 0 atom stereocenters. The third kappa shape index (κ3) is 5.96. The smallest absolute Gasteiger partial charge is 0.265 e. The molecule has 0 aliphatic carbocycles. The van der Waals surface area contributed by atoms with Gasteiger partial charge >= 0.3 is 0 Å². The molecule has 2 rings (SSSR count). The fraction of sp³-hybridized carbons (Fsp3) is 0.333. The summed E-state index contributed by atoms with van der Waals surface area (Å²) in [5.41, 5.74) is 2.61. The molecule has 0 aliphatic heterocycles. The Labute approximate surface area is 182 Å². The lowest BCUT2D eigenvalue weighted by Gasteiger charge is -2.16. The van der Waals surface area contributed by atoms with Crippen LogP contribution in [0.4, 0.5) is 5.69 Å². The molecule has 1 N–H and O–H groups in total. The minimum Gasteiger partial charge on any atom is -0.493 e. The van der Waals surface area contributed by atoms with Crippen molar-refractivity contribution in [2.45, 2.75) is 18.7 Å². The largest absolute Gasteiger partial charge is 0.493 e. The molecule has 168 valence electrons. The molecular weight excluding hydrogens is 422 g/mol. The minimum absolute atomic E-state index is 0.100. The number of carbonyl (C=O) groups excluding carboxylic acids is 1. The maximum atomic E-state index is 12.4. The van der Waals surface area contributed by atoms with E-state index in [0.29, 0.717) is 22.7 Å². The van der Waals surface area contributed by atoms with E-state index in [1.807, 2.05) is 0 Å². The summed E-state index contributed by atoms with van der Waals surface area (Å²) >= 11 is 0. The van der Waals surface area contributed by atoms with E-state index in [0.717, 1.165) is 15.4 Å². The summed E-state index contributed by atoms with van der Waals surface area (Å²) in [4.78, 5) is 17.4. The van der Waals surface area contributed by atoms with E-state index >= 15 is 0 Å². The number of amides is 1. The van der Waals surface area contributed by atoms with Crippen LogP contribution < -0.4 is 14.8 Å². The molecule has 9 nitrogen and oxygen atoms in total. The van der Waals surface area contributed by atoms with E-state index in [4.69, 9.17) is 14.3 Å². The van der Waals surface area contributed by atoms with Crippen LogP contribution in [0, 0.1) is 13.8 Å². The van der Waals surface area contributed by atoms with E-state index in [9.17, 15) is 13.2 Å². The number of nitrogens with zero attached hydrogens (tertiary/aromatic N) is 2. The van der Waals surface area contributed by atoms with E-state index in [1.54, 1.807) is 45.2 Å². The Morgan fingerprint density at radius 3 is 2.39 bits per heavy atom. The van der Waals surface area contributed by atoms with Crippen LogP contribution in [0.25, 0.3) is 0 Å². The summed E-state index contributed by atoms with van der Waals surface area (Å²) in [5.74, 6) is 0.665. The van der Waals surface area contributed by atoms with Gasteiger partial charge in [0.2, 0.25) is 10.0 Å². The lowest BCUT2D eigenvalue weighted by molar-refractivity contribution is -0.120. The number of oxime groups is 1. The van der Waals surface area contributed by atoms with E-state index in [-0.39, 0.29) is 11.5 Å². The third-order valence-corrected chi connectivity index (χ3v) is 6.37. The average molecular weight is 450 g/mol. The first-order chi connectivity index (χ1) is 14.6. The van der Waals surface area contributed by atoms with Crippen molar-refractivity contribution in [2.75, 3.05) is 40.2 Å². The summed E-state index contributed by atoms with van der Waals surface area (Å²) in [6.07, 6.45) is 1.44. The first-order valence-electron chi connectivity index (χ1n) is 9.31. The first-order valence-corrected chi connectivity index (χ1v) is 10.7. The number of benzene rings is 2. The van der Waals surface area contributed by atoms with Gasteiger partial charge in [-0.15, -0.1) is 0 Å². The maximum Gasteiger partial charge on any atom is 0.265 e. The molecule has 0 bridgehead atoms. The minimum atomic E-state index is -3.63. The van der Waals surface area contributed by atoms with Gasteiger partial charge in [0.05, 0.1) is 25.3 Å². The van der Waals surface area contributed by atoms with Gasteiger partial charge in [-0.2, -0.15) is 0 Å². The van der Waals surface area contributed by atoms with Crippen molar-refractivity contribution < 1.29 is 27.5 Å². The van der Waals surface area contributed by atoms with Gasteiger partial charge in [-0.05, 0) is 55.3 Å². The molecular formula is C21H27N3O6S. The fourth-order valence-corrected chi connectivity index (χ4v) is 3.64. The van der Waals surface area contributed by atoms with Gasteiger partial charge in [-0.25, -0.2) is 12.7 Å². The third-order valence-electron chi connectivity index (χ3n) is 4.57. The summed E-state index contributed by atoms with van der Waals surface area (Å²) in [5, 5.41) is 6.47. The molecule has 0 unspecified atom stereocenters. The van der Waals surface area contributed by atoms with Crippen LogP contribution in [0.5, 0.6) is 11.5 Å². The molecule has 0 saturated heterocycles. The van der Waals surface area contributed by atoms with Crippen LogP contribution >= 0.6 is 0 Å². The fourth-order valence-electron chi connectivity index (χ4n) is 2.63. The van der Waals surface area contributed by atoms with E-state index < -0.39 is 15.9 Å². The van der Waals surface area contributed by atoms with Crippen LogP contribution in [0.15, 0.2) is 40.4 Å². The van der Waals surface area contributed by atoms with Crippen molar-refractivity contribution in [1.29, 1.82) is 0 Å². The van der Waals surface area contributed by atoms with Crippen molar-refractivity contribution >= 4 is 27.8 Å². The van der Waals surface area contributed by atoms with Crippen molar-refractivity contribution in [3.63, 3.8) is 0 Å². The van der Waals surface area contributed by atoms with Crippen LogP contribution in [0.1, 0.15) is 16.7 Å². The predicted molar refractivity (Wildman–Crippen MR) is 119 cm³/mol. The van der Waals surface area contributed by atoms with Crippen LogP contribution in [-0.4, -0.2) is 59.8 Å². The van der Waals surface area contributed by atoms with Crippen LogP contribution in [0.2, 0.25) is 0 Å². The molecule has 0 spiro atoms. The zero-order valence-electron chi connectivity index (χ0n) is 18.4. The number of carbonyl (C=O) groups is 1.